The highest BCUT2D eigenvalue weighted by Gasteiger charge is 2.35. The summed E-state index contributed by atoms with van der Waals surface area (Å²) in [6.45, 7) is 3.30. The van der Waals surface area contributed by atoms with Crippen LogP contribution in [0.2, 0.25) is 0 Å². The van der Waals surface area contributed by atoms with E-state index in [4.69, 9.17) is 0 Å². The van der Waals surface area contributed by atoms with Crippen LogP contribution in [0.25, 0.3) is 0 Å². The van der Waals surface area contributed by atoms with Gasteiger partial charge in [-0.15, -0.1) is 0 Å². The first-order valence-electron chi connectivity index (χ1n) is 5.77. The quantitative estimate of drug-likeness (QED) is 0.819. The minimum Gasteiger partial charge on any atom is -0.310 e. The number of halogens is 1. The molecule has 2 heteroatoms. The monoisotopic (exact) mass is 315 g/mol. The van der Waals surface area contributed by atoms with Crippen molar-refractivity contribution < 1.29 is 0 Å². The Morgan fingerprint density at radius 2 is 2.07 bits per heavy atom. The van der Waals surface area contributed by atoms with Crippen LogP contribution in [-0.4, -0.2) is 6.04 Å². The van der Waals surface area contributed by atoms with Crippen LogP contribution in [-0.2, 0) is 6.54 Å². The van der Waals surface area contributed by atoms with Gasteiger partial charge in [-0.2, -0.15) is 0 Å². The molecule has 0 amide bonds. The summed E-state index contributed by atoms with van der Waals surface area (Å²) in [5.41, 5.74) is 1.40. The van der Waals surface area contributed by atoms with Gasteiger partial charge in [0.05, 0.1) is 0 Å². The molecule has 0 heterocycles. The average molecular weight is 315 g/mol. The Labute approximate surface area is 106 Å². The van der Waals surface area contributed by atoms with Crippen molar-refractivity contribution >= 4 is 22.6 Å². The van der Waals surface area contributed by atoms with Gasteiger partial charge in [-0.3, -0.25) is 0 Å². The molecule has 0 aliphatic heterocycles. The lowest BCUT2D eigenvalue weighted by Gasteiger charge is -2.04. The van der Waals surface area contributed by atoms with Gasteiger partial charge in [0.2, 0.25) is 0 Å². The van der Waals surface area contributed by atoms with Crippen LogP contribution in [0.15, 0.2) is 24.3 Å². The maximum atomic E-state index is 3.62. The van der Waals surface area contributed by atoms with E-state index in [0.717, 1.165) is 18.5 Å². The molecule has 0 radical (unpaired) electrons. The van der Waals surface area contributed by atoms with Crippen molar-refractivity contribution in [3.8, 4) is 0 Å². The maximum Gasteiger partial charge on any atom is 0.0208 e. The largest absolute Gasteiger partial charge is 0.310 e. The Morgan fingerprint density at radius 3 is 2.73 bits per heavy atom. The van der Waals surface area contributed by atoms with E-state index in [9.17, 15) is 0 Å². The molecular formula is C13H18IN. The topological polar surface area (TPSA) is 12.0 Å². The Hall–Kier alpha value is -0.0900. The number of hydrogen-bond donors (Lipinski definition) is 1. The SMILES string of the molecule is CCCC1CC1NCc1ccc(I)cc1. The van der Waals surface area contributed by atoms with Gasteiger partial charge in [0.15, 0.2) is 0 Å². The predicted molar refractivity (Wildman–Crippen MR) is 72.8 cm³/mol. The zero-order chi connectivity index (χ0) is 10.7. The van der Waals surface area contributed by atoms with E-state index in [0.29, 0.717) is 0 Å². The van der Waals surface area contributed by atoms with Crippen LogP contribution in [0.1, 0.15) is 31.7 Å². The molecule has 2 unspecified atom stereocenters. The summed E-state index contributed by atoms with van der Waals surface area (Å²) in [5, 5.41) is 3.62. The van der Waals surface area contributed by atoms with E-state index in [-0.39, 0.29) is 0 Å². The fourth-order valence-electron chi connectivity index (χ4n) is 2.04. The molecule has 1 fully saturated rings. The Balaban J connectivity index is 1.73. The standard InChI is InChI=1S/C13H18IN/c1-2-3-11-8-13(11)15-9-10-4-6-12(14)7-5-10/h4-7,11,13,15H,2-3,8-9H2,1H3. The summed E-state index contributed by atoms with van der Waals surface area (Å²) >= 11 is 2.34. The van der Waals surface area contributed by atoms with Crippen molar-refractivity contribution in [3.05, 3.63) is 33.4 Å². The number of hydrogen-bond acceptors (Lipinski definition) is 1. The molecule has 2 atom stereocenters. The normalized spacial score (nSPS) is 24.1. The van der Waals surface area contributed by atoms with Gasteiger partial charge in [0.25, 0.3) is 0 Å². The van der Waals surface area contributed by atoms with Gasteiger partial charge >= 0.3 is 0 Å². The fraction of sp³-hybridized carbons (Fsp3) is 0.538. The minimum absolute atomic E-state index is 0.796. The highest BCUT2D eigenvalue weighted by atomic mass is 127. The smallest absolute Gasteiger partial charge is 0.0208 e. The van der Waals surface area contributed by atoms with Gasteiger partial charge in [0, 0.05) is 16.2 Å². The third-order valence-electron chi connectivity index (χ3n) is 3.06. The first-order valence-corrected chi connectivity index (χ1v) is 6.85. The van der Waals surface area contributed by atoms with Crippen molar-refractivity contribution in [1.82, 2.24) is 5.32 Å². The summed E-state index contributed by atoms with van der Waals surface area (Å²) in [4.78, 5) is 0. The number of benzene rings is 1. The van der Waals surface area contributed by atoms with Crippen LogP contribution < -0.4 is 5.32 Å². The lowest BCUT2D eigenvalue weighted by molar-refractivity contribution is 0.599. The van der Waals surface area contributed by atoms with Crippen molar-refractivity contribution in [1.29, 1.82) is 0 Å². The Kier molecular flexibility index (Phi) is 4.03. The van der Waals surface area contributed by atoms with Crippen molar-refractivity contribution in [3.63, 3.8) is 0 Å². The second-order valence-electron chi connectivity index (χ2n) is 4.40. The Morgan fingerprint density at radius 1 is 1.33 bits per heavy atom. The Bertz CT molecular complexity index is 307. The van der Waals surface area contributed by atoms with Crippen LogP contribution in [0.4, 0.5) is 0 Å². The van der Waals surface area contributed by atoms with Crippen LogP contribution in [0.3, 0.4) is 0 Å². The predicted octanol–water partition coefficient (Wildman–Crippen LogP) is 3.57. The summed E-state index contributed by atoms with van der Waals surface area (Å²) < 4.78 is 1.31. The molecule has 2 rings (SSSR count). The van der Waals surface area contributed by atoms with Crippen LogP contribution in [0, 0.1) is 9.49 Å². The summed E-state index contributed by atoms with van der Waals surface area (Å²) in [6.07, 6.45) is 4.11. The second-order valence-corrected chi connectivity index (χ2v) is 5.64. The molecule has 1 aliphatic rings. The maximum absolute atomic E-state index is 3.62. The molecule has 0 bridgehead atoms. The molecule has 0 spiro atoms. The molecule has 1 aromatic carbocycles. The molecule has 1 saturated carbocycles. The van der Waals surface area contributed by atoms with E-state index in [1.807, 2.05) is 0 Å². The molecular weight excluding hydrogens is 297 g/mol. The third-order valence-corrected chi connectivity index (χ3v) is 3.78. The van der Waals surface area contributed by atoms with Crippen LogP contribution >= 0.6 is 22.6 Å². The molecule has 1 aromatic rings. The van der Waals surface area contributed by atoms with Crippen molar-refractivity contribution in [2.45, 2.75) is 38.8 Å². The lowest BCUT2D eigenvalue weighted by atomic mass is 10.2. The van der Waals surface area contributed by atoms with Crippen molar-refractivity contribution in [2.75, 3.05) is 0 Å². The van der Waals surface area contributed by atoms with Crippen LogP contribution in [0.5, 0.6) is 0 Å². The number of rotatable bonds is 5. The van der Waals surface area contributed by atoms with E-state index in [2.05, 4.69) is 59.1 Å². The molecule has 1 nitrogen and oxygen atoms in total. The number of nitrogens with one attached hydrogen (secondary N) is 1. The second kappa shape index (κ2) is 5.30. The van der Waals surface area contributed by atoms with E-state index in [1.54, 1.807) is 0 Å². The van der Waals surface area contributed by atoms with Gasteiger partial charge in [-0.05, 0) is 59.0 Å². The summed E-state index contributed by atoms with van der Waals surface area (Å²) in [7, 11) is 0. The molecule has 1 aliphatic carbocycles. The van der Waals surface area contributed by atoms with Gasteiger partial charge in [-0.25, -0.2) is 0 Å². The van der Waals surface area contributed by atoms with Gasteiger partial charge < -0.3 is 5.32 Å². The van der Waals surface area contributed by atoms with E-state index >= 15 is 0 Å². The fourth-order valence-corrected chi connectivity index (χ4v) is 2.40. The zero-order valence-electron chi connectivity index (χ0n) is 9.17. The molecule has 15 heavy (non-hydrogen) atoms. The van der Waals surface area contributed by atoms with E-state index in [1.165, 1.54) is 28.4 Å². The molecule has 0 saturated heterocycles. The van der Waals surface area contributed by atoms with Crippen molar-refractivity contribution in [2.24, 2.45) is 5.92 Å². The zero-order valence-corrected chi connectivity index (χ0v) is 11.3. The van der Waals surface area contributed by atoms with Gasteiger partial charge in [-0.1, -0.05) is 25.5 Å². The van der Waals surface area contributed by atoms with E-state index < -0.39 is 0 Å². The summed E-state index contributed by atoms with van der Waals surface area (Å²) in [6, 6.07) is 9.57. The van der Waals surface area contributed by atoms with Gasteiger partial charge in [0.1, 0.15) is 0 Å². The third kappa shape index (κ3) is 3.45. The molecule has 1 N–H and O–H groups in total. The highest BCUT2D eigenvalue weighted by molar-refractivity contribution is 14.1. The first-order chi connectivity index (χ1) is 7.29. The highest BCUT2D eigenvalue weighted by Crippen LogP contribution is 2.34. The average Bonchev–Trinajstić information content (AvgIpc) is 2.97. The lowest BCUT2D eigenvalue weighted by Crippen LogP contribution is -2.17. The molecule has 0 aromatic heterocycles. The first kappa shape index (κ1) is 11.4. The minimum atomic E-state index is 0.796. The summed E-state index contributed by atoms with van der Waals surface area (Å²) in [5.74, 6) is 0.957. The molecule has 82 valence electrons.